The van der Waals surface area contributed by atoms with Gasteiger partial charge in [-0.1, -0.05) is 5.16 Å². The van der Waals surface area contributed by atoms with Gasteiger partial charge in [0.05, 0.1) is 7.11 Å². The molecule has 1 aliphatic heterocycles. The molecule has 7 nitrogen and oxygen atoms in total. The van der Waals surface area contributed by atoms with Crippen LogP contribution in [-0.2, 0) is 0 Å². The van der Waals surface area contributed by atoms with Crippen molar-refractivity contribution in [1.82, 2.24) is 10.5 Å². The van der Waals surface area contributed by atoms with Crippen LogP contribution in [0.5, 0.6) is 5.75 Å². The monoisotopic (exact) mass is 339 g/mol. The smallest absolute Gasteiger partial charge is 0.343 e. The summed E-state index contributed by atoms with van der Waals surface area (Å²) in [5.74, 6) is 0.131. The zero-order valence-electron chi connectivity index (χ0n) is 12.5. The van der Waals surface area contributed by atoms with Gasteiger partial charge in [0.25, 0.3) is 0 Å². The molecular formula is C15H18ClN3O4. The van der Waals surface area contributed by atoms with Crippen LogP contribution in [0.15, 0.2) is 28.8 Å². The van der Waals surface area contributed by atoms with E-state index in [2.05, 4.69) is 15.8 Å². The number of aromatic carboxylic acids is 1. The Morgan fingerprint density at radius 3 is 2.74 bits per heavy atom. The molecule has 1 aliphatic rings. The largest absolute Gasteiger partial charge is 0.497 e. The summed E-state index contributed by atoms with van der Waals surface area (Å²) in [5.41, 5.74) is 0.695. The predicted octanol–water partition coefficient (Wildman–Crippen LogP) is 2.24. The van der Waals surface area contributed by atoms with Gasteiger partial charge in [0.2, 0.25) is 0 Å². The van der Waals surface area contributed by atoms with E-state index < -0.39 is 5.97 Å². The molecule has 0 aliphatic carbocycles. The fourth-order valence-corrected chi connectivity index (χ4v) is 2.50. The molecular weight excluding hydrogens is 322 g/mol. The van der Waals surface area contributed by atoms with Crippen molar-refractivity contribution in [2.75, 3.05) is 25.5 Å². The number of anilines is 1. The van der Waals surface area contributed by atoms with E-state index in [0.29, 0.717) is 11.3 Å². The third kappa shape index (κ3) is 3.57. The summed E-state index contributed by atoms with van der Waals surface area (Å²) >= 11 is 0. The molecule has 2 heterocycles. The molecule has 1 fully saturated rings. The summed E-state index contributed by atoms with van der Waals surface area (Å²) in [4.78, 5) is 11.6. The fraction of sp³-hybridized carbons (Fsp3) is 0.333. The minimum absolute atomic E-state index is 0. The standard InChI is InChI=1S/C15H17N3O4.ClH/c1-21-11-4-2-9(3-5-11)13-12(15(19)20)14(18-22-13)17-10-6-7-16-8-10;/h2-5,10,16H,6-8H2,1H3,(H,17,18)(H,19,20);1H/t10-;/m0./s1. The van der Waals surface area contributed by atoms with E-state index >= 15 is 0 Å². The molecule has 0 unspecified atom stereocenters. The molecule has 23 heavy (non-hydrogen) atoms. The van der Waals surface area contributed by atoms with Gasteiger partial charge in [-0.05, 0) is 37.2 Å². The normalized spacial score (nSPS) is 16.7. The molecule has 0 radical (unpaired) electrons. The first kappa shape index (κ1) is 17.1. The second-order valence-electron chi connectivity index (χ2n) is 5.10. The summed E-state index contributed by atoms with van der Waals surface area (Å²) in [6, 6.07) is 7.14. The van der Waals surface area contributed by atoms with Crippen molar-refractivity contribution in [2.24, 2.45) is 0 Å². The fourth-order valence-electron chi connectivity index (χ4n) is 2.50. The van der Waals surface area contributed by atoms with Crippen LogP contribution in [0.1, 0.15) is 16.8 Å². The molecule has 0 bridgehead atoms. The van der Waals surface area contributed by atoms with Crippen molar-refractivity contribution < 1.29 is 19.2 Å². The van der Waals surface area contributed by atoms with Gasteiger partial charge in [0.1, 0.15) is 5.75 Å². The Labute approximate surface area is 139 Å². The summed E-state index contributed by atoms with van der Waals surface area (Å²) < 4.78 is 10.4. The molecule has 124 valence electrons. The quantitative estimate of drug-likeness (QED) is 0.768. The third-order valence-corrected chi connectivity index (χ3v) is 3.66. The molecule has 2 aromatic rings. The number of carboxylic acids is 1. The lowest BCUT2D eigenvalue weighted by molar-refractivity contribution is 0.0698. The second-order valence-corrected chi connectivity index (χ2v) is 5.10. The van der Waals surface area contributed by atoms with E-state index in [1.54, 1.807) is 31.4 Å². The maximum absolute atomic E-state index is 11.6. The van der Waals surface area contributed by atoms with E-state index in [4.69, 9.17) is 9.26 Å². The zero-order chi connectivity index (χ0) is 15.5. The van der Waals surface area contributed by atoms with Gasteiger partial charge >= 0.3 is 5.97 Å². The van der Waals surface area contributed by atoms with Gasteiger partial charge in [-0.2, -0.15) is 0 Å². The molecule has 1 saturated heterocycles. The van der Waals surface area contributed by atoms with Crippen LogP contribution in [0.3, 0.4) is 0 Å². The number of carboxylic acid groups (broad SMARTS) is 1. The van der Waals surface area contributed by atoms with Gasteiger partial charge in [-0.3, -0.25) is 0 Å². The third-order valence-electron chi connectivity index (χ3n) is 3.66. The second kappa shape index (κ2) is 7.34. The Morgan fingerprint density at radius 2 is 2.17 bits per heavy atom. The summed E-state index contributed by atoms with van der Waals surface area (Å²) in [7, 11) is 1.57. The highest BCUT2D eigenvalue weighted by Gasteiger charge is 2.26. The number of rotatable bonds is 5. The number of benzene rings is 1. The first-order valence-electron chi connectivity index (χ1n) is 7.03. The van der Waals surface area contributed by atoms with E-state index in [0.717, 1.165) is 19.5 Å². The van der Waals surface area contributed by atoms with Gasteiger partial charge in [-0.15, -0.1) is 12.4 Å². The number of methoxy groups -OCH3 is 1. The molecule has 0 amide bonds. The van der Waals surface area contributed by atoms with Gasteiger partial charge in [0.15, 0.2) is 17.1 Å². The number of carbonyl (C=O) groups is 1. The minimum atomic E-state index is -1.07. The van der Waals surface area contributed by atoms with E-state index in [1.807, 2.05) is 0 Å². The van der Waals surface area contributed by atoms with Crippen LogP contribution >= 0.6 is 12.4 Å². The summed E-state index contributed by atoms with van der Waals surface area (Å²) in [5, 5.41) is 19.7. The SMILES string of the molecule is COc1ccc(-c2onc(N[C@H]3CCNC3)c2C(=O)O)cc1.Cl. The first-order chi connectivity index (χ1) is 10.7. The number of aromatic nitrogens is 1. The van der Waals surface area contributed by atoms with Crippen LogP contribution in [0.25, 0.3) is 11.3 Å². The number of ether oxygens (including phenoxy) is 1. The van der Waals surface area contributed by atoms with Crippen molar-refractivity contribution in [2.45, 2.75) is 12.5 Å². The number of hydrogen-bond donors (Lipinski definition) is 3. The number of nitrogens with zero attached hydrogens (tertiary/aromatic N) is 1. The van der Waals surface area contributed by atoms with Gasteiger partial charge in [0, 0.05) is 18.2 Å². The molecule has 8 heteroatoms. The summed E-state index contributed by atoms with van der Waals surface area (Å²) in [6.45, 7) is 1.69. The molecule has 1 atom stereocenters. The van der Waals surface area contributed by atoms with Crippen molar-refractivity contribution in [3.05, 3.63) is 29.8 Å². The molecule has 0 saturated carbocycles. The van der Waals surface area contributed by atoms with Crippen molar-refractivity contribution in [3.63, 3.8) is 0 Å². The summed E-state index contributed by atoms with van der Waals surface area (Å²) in [6.07, 6.45) is 0.920. The van der Waals surface area contributed by atoms with Crippen LogP contribution in [-0.4, -0.2) is 42.5 Å². The highest BCUT2D eigenvalue weighted by atomic mass is 35.5. The molecule has 1 aromatic heterocycles. The Morgan fingerprint density at radius 1 is 1.43 bits per heavy atom. The number of nitrogens with one attached hydrogen (secondary N) is 2. The van der Waals surface area contributed by atoms with Crippen molar-refractivity contribution in [1.29, 1.82) is 0 Å². The molecule has 0 spiro atoms. The Balaban J connectivity index is 0.00000192. The molecule has 3 N–H and O–H groups in total. The molecule has 1 aromatic carbocycles. The Hall–Kier alpha value is -2.25. The zero-order valence-corrected chi connectivity index (χ0v) is 13.4. The number of hydrogen-bond acceptors (Lipinski definition) is 6. The van der Waals surface area contributed by atoms with Gasteiger partial charge in [-0.25, -0.2) is 4.79 Å². The number of halogens is 1. The van der Waals surface area contributed by atoms with Gasteiger partial charge < -0.3 is 25.0 Å². The van der Waals surface area contributed by atoms with Crippen molar-refractivity contribution >= 4 is 24.2 Å². The van der Waals surface area contributed by atoms with Crippen LogP contribution < -0.4 is 15.4 Å². The van der Waals surface area contributed by atoms with E-state index in [1.165, 1.54) is 0 Å². The highest BCUT2D eigenvalue weighted by molar-refractivity contribution is 5.99. The molecule has 3 rings (SSSR count). The highest BCUT2D eigenvalue weighted by Crippen LogP contribution is 2.31. The predicted molar refractivity (Wildman–Crippen MR) is 87.6 cm³/mol. The lowest BCUT2D eigenvalue weighted by Crippen LogP contribution is -2.23. The van der Waals surface area contributed by atoms with Crippen LogP contribution in [0, 0.1) is 0 Å². The Bertz CT molecular complexity index is 666. The maximum atomic E-state index is 11.6. The van der Waals surface area contributed by atoms with E-state index in [9.17, 15) is 9.90 Å². The first-order valence-corrected chi connectivity index (χ1v) is 7.03. The lowest BCUT2D eigenvalue weighted by Gasteiger charge is -2.10. The average Bonchev–Trinajstić information content (AvgIpc) is 3.17. The van der Waals surface area contributed by atoms with Crippen molar-refractivity contribution in [3.8, 4) is 17.1 Å². The van der Waals surface area contributed by atoms with Crippen LogP contribution in [0.4, 0.5) is 5.82 Å². The van der Waals surface area contributed by atoms with Crippen LogP contribution in [0.2, 0.25) is 0 Å². The lowest BCUT2D eigenvalue weighted by atomic mass is 10.1. The van der Waals surface area contributed by atoms with E-state index in [-0.39, 0.29) is 35.6 Å². The minimum Gasteiger partial charge on any atom is -0.497 e. The average molecular weight is 340 g/mol. The topological polar surface area (TPSA) is 96.6 Å². The maximum Gasteiger partial charge on any atom is 0.343 e. The Kier molecular flexibility index (Phi) is 5.46.